The molecule has 0 aliphatic heterocycles. The van der Waals surface area contributed by atoms with E-state index in [1.165, 1.54) is 0 Å². The van der Waals surface area contributed by atoms with E-state index < -0.39 is 0 Å². The number of halogens is 1. The maximum absolute atomic E-state index is 11.6. The Morgan fingerprint density at radius 2 is 2.00 bits per heavy atom. The Morgan fingerprint density at radius 3 is 2.69 bits per heavy atom. The Hall–Kier alpha value is -1.39. The van der Waals surface area contributed by atoms with Crippen LogP contribution < -0.4 is 5.56 Å². The van der Waals surface area contributed by atoms with E-state index in [4.69, 9.17) is 23.8 Å². The molecule has 2 rings (SSSR count). The zero-order chi connectivity index (χ0) is 11.5. The summed E-state index contributed by atoms with van der Waals surface area (Å²) in [6, 6.07) is 7.44. The number of hydrogen-bond donors (Lipinski definition) is 2. The average molecular weight is 253 g/mol. The summed E-state index contributed by atoms with van der Waals surface area (Å²) in [7, 11) is 0. The lowest BCUT2D eigenvalue weighted by Gasteiger charge is -2.02. The molecule has 0 bridgehead atoms. The second-order valence-corrected chi connectivity index (χ2v) is 4.18. The average Bonchev–Trinajstić information content (AvgIpc) is 2.25. The third kappa shape index (κ3) is 2.40. The molecule has 2 aromatic rings. The van der Waals surface area contributed by atoms with E-state index in [1.54, 1.807) is 12.3 Å². The number of benzene rings is 1. The molecule has 0 aliphatic carbocycles. The largest absolute Gasteiger partial charge is 0.338 e. The normalized spacial score (nSPS) is 10.3. The monoisotopic (exact) mass is 252 g/mol. The summed E-state index contributed by atoms with van der Waals surface area (Å²) < 4.78 is 0.327. The van der Waals surface area contributed by atoms with Gasteiger partial charge in [0, 0.05) is 23.2 Å². The number of H-pyrrole nitrogens is 2. The third-order valence-electron chi connectivity index (χ3n) is 2.23. The van der Waals surface area contributed by atoms with E-state index in [9.17, 15) is 4.79 Å². The van der Waals surface area contributed by atoms with Gasteiger partial charge in [-0.3, -0.25) is 9.78 Å². The summed E-state index contributed by atoms with van der Waals surface area (Å²) in [6.45, 7) is 0. The molecule has 82 valence electrons. The van der Waals surface area contributed by atoms with Crippen molar-refractivity contribution in [2.24, 2.45) is 0 Å². The molecule has 1 aromatic carbocycles. The summed E-state index contributed by atoms with van der Waals surface area (Å²) in [6.07, 6.45) is 2.10. The summed E-state index contributed by atoms with van der Waals surface area (Å²) in [5.41, 5.74) is 1.35. The first-order chi connectivity index (χ1) is 7.66. The van der Waals surface area contributed by atoms with Gasteiger partial charge in [-0.05, 0) is 23.8 Å². The van der Waals surface area contributed by atoms with Crippen LogP contribution in [0.5, 0.6) is 0 Å². The van der Waals surface area contributed by atoms with Gasteiger partial charge in [-0.1, -0.05) is 29.8 Å². The fraction of sp³-hybridized carbons (Fsp3) is 0.0909. The summed E-state index contributed by atoms with van der Waals surface area (Å²) in [5, 5.41) is 0.657. The van der Waals surface area contributed by atoms with Gasteiger partial charge in [0.1, 0.15) is 0 Å². The van der Waals surface area contributed by atoms with Crippen molar-refractivity contribution in [3.63, 3.8) is 0 Å². The fourth-order valence-corrected chi connectivity index (χ4v) is 1.77. The van der Waals surface area contributed by atoms with Crippen LogP contribution in [-0.4, -0.2) is 9.97 Å². The van der Waals surface area contributed by atoms with Crippen molar-refractivity contribution in [3.05, 3.63) is 61.7 Å². The smallest absolute Gasteiger partial charge is 0.255 e. The molecule has 5 heteroatoms. The zero-order valence-electron chi connectivity index (χ0n) is 8.29. The molecule has 1 heterocycles. The molecule has 0 spiro atoms. The van der Waals surface area contributed by atoms with E-state index in [-0.39, 0.29) is 5.56 Å². The standard InChI is InChI=1S/C11H9ClN2OS/c12-9-4-2-1-3-7(9)5-8-6-13-11(16)14-10(8)15/h1-4,6H,5H2,(H2,13,14,15,16). The maximum Gasteiger partial charge on any atom is 0.255 e. The molecule has 0 unspecified atom stereocenters. The van der Waals surface area contributed by atoms with Crippen molar-refractivity contribution >= 4 is 23.8 Å². The third-order valence-corrected chi connectivity index (χ3v) is 2.82. The first kappa shape index (κ1) is 11.1. The first-order valence-corrected chi connectivity index (χ1v) is 5.50. The minimum absolute atomic E-state index is 0.177. The molecule has 0 amide bonds. The molecular weight excluding hydrogens is 244 g/mol. The van der Waals surface area contributed by atoms with Crippen molar-refractivity contribution < 1.29 is 0 Å². The van der Waals surface area contributed by atoms with Crippen molar-refractivity contribution in [3.8, 4) is 0 Å². The molecule has 2 N–H and O–H groups in total. The van der Waals surface area contributed by atoms with Crippen molar-refractivity contribution in [1.29, 1.82) is 0 Å². The number of aromatic nitrogens is 2. The Labute approximate surface area is 102 Å². The van der Waals surface area contributed by atoms with E-state index >= 15 is 0 Å². The van der Waals surface area contributed by atoms with Crippen LogP contribution >= 0.6 is 23.8 Å². The lowest BCUT2D eigenvalue weighted by molar-refractivity contribution is 1.01. The van der Waals surface area contributed by atoms with Gasteiger partial charge in [-0.15, -0.1) is 0 Å². The Morgan fingerprint density at radius 1 is 1.25 bits per heavy atom. The van der Waals surface area contributed by atoms with Gasteiger partial charge in [0.25, 0.3) is 5.56 Å². The highest BCUT2D eigenvalue weighted by atomic mass is 35.5. The van der Waals surface area contributed by atoms with Crippen LogP contribution in [0.2, 0.25) is 5.02 Å². The molecule has 3 nitrogen and oxygen atoms in total. The topological polar surface area (TPSA) is 48.6 Å². The van der Waals surface area contributed by atoms with Crippen LogP contribution in [0.1, 0.15) is 11.1 Å². The predicted molar refractivity (Wildman–Crippen MR) is 66.5 cm³/mol. The lowest BCUT2D eigenvalue weighted by atomic mass is 10.1. The highest BCUT2D eigenvalue weighted by Gasteiger charge is 2.04. The number of hydrogen-bond acceptors (Lipinski definition) is 2. The minimum Gasteiger partial charge on any atom is -0.338 e. The molecule has 0 atom stereocenters. The summed E-state index contributed by atoms with van der Waals surface area (Å²) in [4.78, 5) is 16.9. The number of aromatic amines is 2. The SMILES string of the molecule is O=c1[nH]c(=S)[nH]cc1Cc1ccccc1Cl. The fourth-order valence-electron chi connectivity index (χ4n) is 1.42. The predicted octanol–water partition coefficient (Wildman–Crippen LogP) is 2.68. The van der Waals surface area contributed by atoms with Crippen molar-refractivity contribution in [2.45, 2.75) is 6.42 Å². The van der Waals surface area contributed by atoms with Gasteiger partial charge >= 0.3 is 0 Å². The van der Waals surface area contributed by atoms with Crippen LogP contribution in [0.4, 0.5) is 0 Å². The second-order valence-electron chi connectivity index (χ2n) is 3.37. The van der Waals surface area contributed by atoms with E-state index in [1.807, 2.05) is 18.2 Å². The van der Waals surface area contributed by atoms with E-state index in [2.05, 4.69) is 9.97 Å². The number of rotatable bonds is 2. The lowest BCUT2D eigenvalue weighted by Crippen LogP contribution is -2.13. The van der Waals surface area contributed by atoms with Gasteiger partial charge in [0.15, 0.2) is 4.77 Å². The highest BCUT2D eigenvalue weighted by Crippen LogP contribution is 2.16. The molecule has 0 aliphatic rings. The van der Waals surface area contributed by atoms with E-state index in [0.29, 0.717) is 21.8 Å². The van der Waals surface area contributed by atoms with Crippen LogP contribution in [-0.2, 0) is 6.42 Å². The van der Waals surface area contributed by atoms with Crippen LogP contribution in [0, 0.1) is 4.77 Å². The first-order valence-electron chi connectivity index (χ1n) is 4.71. The van der Waals surface area contributed by atoms with E-state index in [0.717, 1.165) is 5.56 Å². The van der Waals surface area contributed by atoms with Crippen LogP contribution in [0.25, 0.3) is 0 Å². The second kappa shape index (κ2) is 4.63. The van der Waals surface area contributed by atoms with Crippen LogP contribution in [0.15, 0.2) is 35.3 Å². The Balaban J connectivity index is 2.38. The van der Waals surface area contributed by atoms with Crippen molar-refractivity contribution in [1.82, 2.24) is 9.97 Å². The molecule has 16 heavy (non-hydrogen) atoms. The van der Waals surface area contributed by atoms with Gasteiger partial charge < -0.3 is 4.98 Å². The number of nitrogens with one attached hydrogen (secondary N) is 2. The van der Waals surface area contributed by atoms with Gasteiger partial charge in [0.2, 0.25) is 0 Å². The quantitative estimate of drug-likeness (QED) is 0.808. The molecule has 0 radical (unpaired) electrons. The Kier molecular flexibility index (Phi) is 3.22. The highest BCUT2D eigenvalue weighted by molar-refractivity contribution is 7.71. The van der Waals surface area contributed by atoms with Gasteiger partial charge in [0.05, 0.1) is 0 Å². The zero-order valence-corrected chi connectivity index (χ0v) is 9.86. The minimum atomic E-state index is -0.177. The molecule has 0 fully saturated rings. The van der Waals surface area contributed by atoms with Crippen molar-refractivity contribution in [2.75, 3.05) is 0 Å². The summed E-state index contributed by atoms with van der Waals surface area (Å²) >= 11 is 10.8. The molecule has 1 aromatic heterocycles. The molecular formula is C11H9ClN2OS. The van der Waals surface area contributed by atoms with Gasteiger partial charge in [-0.2, -0.15) is 0 Å². The maximum atomic E-state index is 11.6. The summed E-state index contributed by atoms with van der Waals surface area (Å²) in [5.74, 6) is 0. The molecule has 0 saturated heterocycles. The van der Waals surface area contributed by atoms with Gasteiger partial charge in [-0.25, -0.2) is 0 Å². The Bertz CT molecular complexity index is 618. The van der Waals surface area contributed by atoms with Crippen LogP contribution in [0.3, 0.4) is 0 Å². The molecule has 0 saturated carbocycles.